The first kappa shape index (κ1) is 16.4. The number of aryl methyl sites for hydroxylation is 1. The molecule has 0 fully saturated rings. The summed E-state index contributed by atoms with van der Waals surface area (Å²) in [7, 11) is -3.36. The van der Waals surface area contributed by atoms with E-state index in [0.29, 0.717) is 12.1 Å². The van der Waals surface area contributed by atoms with Crippen molar-refractivity contribution in [2.45, 2.75) is 26.4 Å². The molecule has 0 saturated carbocycles. The van der Waals surface area contributed by atoms with E-state index in [4.69, 9.17) is 4.74 Å². The van der Waals surface area contributed by atoms with Gasteiger partial charge in [-0.25, -0.2) is 8.42 Å². The molecular formula is C17H21NO3S. The Morgan fingerprint density at radius 1 is 1.00 bits per heavy atom. The van der Waals surface area contributed by atoms with Crippen LogP contribution in [0.1, 0.15) is 19.4 Å². The first-order chi connectivity index (χ1) is 10.4. The Morgan fingerprint density at radius 2 is 1.64 bits per heavy atom. The van der Waals surface area contributed by atoms with Crippen molar-refractivity contribution in [3.05, 3.63) is 60.2 Å². The molecule has 0 aliphatic carbocycles. The summed E-state index contributed by atoms with van der Waals surface area (Å²) in [4.78, 5) is 0. The summed E-state index contributed by atoms with van der Waals surface area (Å²) in [6.07, 6.45) is 0.582. The van der Waals surface area contributed by atoms with Crippen LogP contribution in [0.2, 0.25) is 0 Å². The molecule has 0 aliphatic rings. The monoisotopic (exact) mass is 319 g/mol. The van der Waals surface area contributed by atoms with Gasteiger partial charge in [-0.1, -0.05) is 30.3 Å². The molecule has 2 aromatic carbocycles. The summed E-state index contributed by atoms with van der Waals surface area (Å²) in [5, 5.41) is 0. The van der Waals surface area contributed by atoms with Crippen LogP contribution in [-0.2, 0) is 16.4 Å². The third-order valence-corrected chi connectivity index (χ3v) is 4.29. The third-order valence-electron chi connectivity index (χ3n) is 3.00. The second kappa shape index (κ2) is 7.31. The maximum absolute atomic E-state index is 12.1. The maximum Gasteiger partial charge on any atom is 0.233 e. The zero-order valence-electron chi connectivity index (χ0n) is 12.8. The lowest BCUT2D eigenvalue weighted by Crippen LogP contribution is -2.18. The van der Waals surface area contributed by atoms with Crippen LogP contribution in [0.25, 0.3) is 0 Å². The second-order valence-corrected chi connectivity index (χ2v) is 7.19. The highest BCUT2D eigenvalue weighted by atomic mass is 32.2. The number of sulfonamides is 1. The summed E-state index contributed by atoms with van der Waals surface area (Å²) >= 11 is 0. The lowest BCUT2D eigenvalue weighted by molar-refractivity contribution is 0.242. The van der Waals surface area contributed by atoms with Gasteiger partial charge in [-0.05, 0) is 50.1 Å². The smallest absolute Gasteiger partial charge is 0.233 e. The first-order valence-corrected chi connectivity index (χ1v) is 8.91. The van der Waals surface area contributed by atoms with Crippen LogP contribution < -0.4 is 9.46 Å². The minimum absolute atomic E-state index is 0.0568. The molecule has 1 N–H and O–H groups in total. The number of hydrogen-bond donors (Lipinski definition) is 1. The molecule has 0 heterocycles. The van der Waals surface area contributed by atoms with Crippen molar-refractivity contribution in [1.82, 2.24) is 0 Å². The second-order valence-electron chi connectivity index (χ2n) is 5.35. The number of anilines is 1. The Balaban J connectivity index is 1.93. The summed E-state index contributed by atoms with van der Waals surface area (Å²) < 4.78 is 32.3. The van der Waals surface area contributed by atoms with E-state index in [2.05, 4.69) is 4.72 Å². The number of hydrogen-bond acceptors (Lipinski definition) is 3. The summed E-state index contributed by atoms with van der Waals surface area (Å²) in [6.45, 7) is 3.89. The molecule has 2 rings (SSSR count). The average Bonchev–Trinajstić information content (AvgIpc) is 2.48. The van der Waals surface area contributed by atoms with Gasteiger partial charge in [-0.2, -0.15) is 0 Å². The van der Waals surface area contributed by atoms with Gasteiger partial charge in [-0.15, -0.1) is 0 Å². The normalized spacial score (nSPS) is 11.4. The molecule has 0 atom stereocenters. The van der Waals surface area contributed by atoms with Crippen molar-refractivity contribution < 1.29 is 13.2 Å². The van der Waals surface area contributed by atoms with E-state index < -0.39 is 10.0 Å². The van der Waals surface area contributed by atoms with Crippen LogP contribution in [0.5, 0.6) is 5.75 Å². The molecule has 0 aliphatic heterocycles. The van der Waals surface area contributed by atoms with Gasteiger partial charge in [0.05, 0.1) is 11.9 Å². The fraction of sp³-hybridized carbons (Fsp3) is 0.294. The molecule has 0 aromatic heterocycles. The maximum atomic E-state index is 12.1. The Hall–Kier alpha value is -2.01. The highest BCUT2D eigenvalue weighted by Crippen LogP contribution is 2.18. The highest BCUT2D eigenvalue weighted by Gasteiger charge is 2.10. The van der Waals surface area contributed by atoms with E-state index in [1.54, 1.807) is 24.3 Å². The van der Waals surface area contributed by atoms with E-state index in [1.807, 2.05) is 44.2 Å². The van der Waals surface area contributed by atoms with Crippen molar-refractivity contribution in [1.29, 1.82) is 0 Å². The molecule has 4 nitrogen and oxygen atoms in total. The van der Waals surface area contributed by atoms with Crippen LogP contribution in [0, 0.1) is 0 Å². The van der Waals surface area contributed by atoms with Crippen molar-refractivity contribution >= 4 is 15.7 Å². The first-order valence-electron chi connectivity index (χ1n) is 7.26. The van der Waals surface area contributed by atoms with Gasteiger partial charge in [0.2, 0.25) is 10.0 Å². The fourth-order valence-electron chi connectivity index (χ4n) is 2.00. The predicted octanol–water partition coefficient (Wildman–Crippen LogP) is 3.46. The molecular weight excluding hydrogens is 298 g/mol. The van der Waals surface area contributed by atoms with Crippen LogP contribution in [0.15, 0.2) is 54.6 Å². The average molecular weight is 319 g/mol. The number of rotatable bonds is 7. The summed E-state index contributed by atoms with van der Waals surface area (Å²) in [6, 6.07) is 16.5. The van der Waals surface area contributed by atoms with Gasteiger partial charge in [-0.3, -0.25) is 4.72 Å². The Labute approximate surface area is 132 Å². The van der Waals surface area contributed by atoms with Crippen LogP contribution in [-0.4, -0.2) is 20.3 Å². The largest absolute Gasteiger partial charge is 0.491 e. The summed E-state index contributed by atoms with van der Waals surface area (Å²) in [5.74, 6) is 0.781. The molecule has 2 aromatic rings. The topological polar surface area (TPSA) is 55.4 Å². The summed E-state index contributed by atoms with van der Waals surface area (Å²) in [5.41, 5.74) is 1.55. The fourth-order valence-corrected chi connectivity index (χ4v) is 3.10. The lowest BCUT2D eigenvalue weighted by Gasteiger charge is -2.11. The Morgan fingerprint density at radius 3 is 2.23 bits per heavy atom. The molecule has 0 spiro atoms. The molecule has 0 saturated heterocycles. The molecule has 0 amide bonds. The van der Waals surface area contributed by atoms with Crippen molar-refractivity contribution in [3.63, 3.8) is 0 Å². The molecule has 0 bridgehead atoms. The van der Waals surface area contributed by atoms with Gasteiger partial charge < -0.3 is 4.74 Å². The van der Waals surface area contributed by atoms with Gasteiger partial charge in [0, 0.05) is 5.69 Å². The quantitative estimate of drug-likeness (QED) is 0.850. The van der Waals surface area contributed by atoms with Crippen LogP contribution in [0.3, 0.4) is 0 Å². The van der Waals surface area contributed by atoms with Crippen LogP contribution >= 0.6 is 0 Å². The molecule has 118 valence electrons. The molecule has 22 heavy (non-hydrogen) atoms. The zero-order chi connectivity index (χ0) is 16.0. The van der Waals surface area contributed by atoms with E-state index in [0.717, 1.165) is 11.3 Å². The third kappa shape index (κ3) is 5.41. The van der Waals surface area contributed by atoms with Gasteiger partial charge in [0.1, 0.15) is 5.75 Å². The van der Waals surface area contributed by atoms with E-state index >= 15 is 0 Å². The Bertz CT molecular complexity index is 680. The van der Waals surface area contributed by atoms with Gasteiger partial charge in [0.15, 0.2) is 0 Å². The van der Waals surface area contributed by atoms with Crippen molar-refractivity contribution in [2.75, 3.05) is 10.5 Å². The number of benzene rings is 2. The van der Waals surface area contributed by atoms with E-state index in [9.17, 15) is 8.42 Å². The van der Waals surface area contributed by atoms with Crippen molar-refractivity contribution in [3.8, 4) is 5.75 Å². The van der Waals surface area contributed by atoms with E-state index in [1.165, 1.54) is 0 Å². The molecule has 5 heteroatoms. The standard InChI is InChI=1S/C17H21NO3S/c1-14(2)21-17-10-8-16(9-11-17)18-22(19,20)13-12-15-6-4-3-5-7-15/h3-11,14,18H,12-13H2,1-2H3. The zero-order valence-corrected chi connectivity index (χ0v) is 13.6. The molecule has 0 unspecified atom stereocenters. The van der Waals surface area contributed by atoms with Gasteiger partial charge >= 0.3 is 0 Å². The molecule has 0 radical (unpaired) electrons. The SMILES string of the molecule is CC(C)Oc1ccc(NS(=O)(=O)CCc2ccccc2)cc1. The lowest BCUT2D eigenvalue weighted by atomic mass is 10.2. The van der Waals surface area contributed by atoms with Crippen molar-refractivity contribution in [2.24, 2.45) is 0 Å². The highest BCUT2D eigenvalue weighted by molar-refractivity contribution is 7.92. The Kier molecular flexibility index (Phi) is 5.44. The van der Waals surface area contributed by atoms with E-state index in [-0.39, 0.29) is 11.9 Å². The predicted molar refractivity (Wildman–Crippen MR) is 89.8 cm³/mol. The van der Waals surface area contributed by atoms with Crippen LogP contribution in [0.4, 0.5) is 5.69 Å². The number of ether oxygens (including phenoxy) is 1. The minimum Gasteiger partial charge on any atom is -0.491 e. The van der Waals surface area contributed by atoms with Gasteiger partial charge in [0.25, 0.3) is 0 Å². The minimum atomic E-state index is -3.36. The number of nitrogens with one attached hydrogen (secondary N) is 1.